The molecule has 94 valence electrons. The Kier molecular flexibility index (Phi) is 3.99. The van der Waals surface area contributed by atoms with Crippen LogP contribution >= 0.6 is 0 Å². The molecule has 0 bridgehead atoms. The highest BCUT2D eigenvalue weighted by Crippen LogP contribution is 2.37. The van der Waals surface area contributed by atoms with E-state index < -0.39 is 0 Å². The SMILES string of the molecule is COC(=O)c1cccc(C(C#N)C2CCCC2)c1. The predicted octanol–water partition coefficient (Wildman–Crippen LogP) is 3.27. The largest absolute Gasteiger partial charge is 0.465 e. The summed E-state index contributed by atoms with van der Waals surface area (Å²) in [5, 5.41) is 9.36. The summed E-state index contributed by atoms with van der Waals surface area (Å²) in [6.45, 7) is 0. The second kappa shape index (κ2) is 5.68. The van der Waals surface area contributed by atoms with Gasteiger partial charge in [-0.1, -0.05) is 25.0 Å². The van der Waals surface area contributed by atoms with Gasteiger partial charge in [0.2, 0.25) is 0 Å². The van der Waals surface area contributed by atoms with Crippen molar-refractivity contribution in [3.05, 3.63) is 35.4 Å². The lowest BCUT2D eigenvalue weighted by atomic mass is 9.85. The zero-order valence-corrected chi connectivity index (χ0v) is 10.6. The number of methoxy groups -OCH3 is 1. The Morgan fingerprint density at radius 2 is 2.17 bits per heavy atom. The summed E-state index contributed by atoms with van der Waals surface area (Å²) >= 11 is 0. The summed E-state index contributed by atoms with van der Waals surface area (Å²) < 4.78 is 4.71. The molecule has 0 aromatic heterocycles. The van der Waals surface area contributed by atoms with Gasteiger partial charge in [-0.3, -0.25) is 0 Å². The van der Waals surface area contributed by atoms with Crippen molar-refractivity contribution in [2.24, 2.45) is 5.92 Å². The van der Waals surface area contributed by atoms with Crippen LogP contribution in [0.15, 0.2) is 24.3 Å². The lowest BCUT2D eigenvalue weighted by Gasteiger charge is -2.17. The van der Waals surface area contributed by atoms with Crippen molar-refractivity contribution >= 4 is 5.97 Å². The van der Waals surface area contributed by atoms with Crippen LogP contribution < -0.4 is 0 Å². The second-order valence-electron chi connectivity index (χ2n) is 4.77. The van der Waals surface area contributed by atoms with Crippen LogP contribution in [-0.2, 0) is 4.74 Å². The third-order valence-electron chi connectivity index (χ3n) is 3.68. The van der Waals surface area contributed by atoms with Gasteiger partial charge >= 0.3 is 5.97 Å². The molecule has 2 rings (SSSR count). The molecule has 18 heavy (non-hydrogen) atoms. The summed E-state index contributed by atoms with van der Waals surface area (Å²) in [4.78, 5) is 11.5. The van der Waals surface area contributed by atoms with Gasteiger partial charge in [0, 0.05) is 0 Å². The Labute approximate surface area is 107 Å². The smallest absolute Gasteiger partial charge is 0.337 e. The molecular formula is C15H17NO2. The Bertz CT molecular complexity index is 470. The molecule has 1 saturated carbocycles. The Morgan fingerprint density at radius 3 is 2.78 bits per heavy atom. The lowest BCUT2D eigenvalue weighted by molar-refractivity contribution is 0.0600. The Morgan fingerprint density at radius 1 is 1.44 bits per heavy atom. The fourth-order valence-electron chi connectivity index (χ4n) is 2.72. The highest BCUT2D eigenvalue weighted by Gasteiger charge is 2.26. The zero-order valence-electron chi connectivity index (χ0n) is 10.6. The van der Waals surface area contributed by atoms with E-state index in [-0.39, 0.29) is 11.9 Å². The van der Waals surface area contributed by atoms with Crippen molar-refractivity contribution < 1.29 is 9.53 Å². The summed E-state index contributed by atoms with van der Waals surface area (Å²) in [6, 6.07) is 9.65. The average molecular weight is 243 g/mol. The fraction of sp³-hybridized carbons (Fsp3) is 0.467. The predicted molar refractivity (Wildman–Crippen MR) is 68.1 cm³/mol. The van der Waals surface area contributed by atoms with E-state index in [1.165, 1.54) is 20.0 Å². The van der Waals surface area contributed by atoms with Gasteiger partial charge in [0.1, 0.15) is 0 Å². The van der Waals surface area contributed by atoms with E-state index in [4.69, 9.17) is 4.74 Å². The van der Waals surface area contributed by atoms with Gasteiger partial charge in [-0.15, -0.1) is 0 Å². The molecule has 1 aromatic carbocycles. The van der Waals surface area contributed by atoms with Crippen molar-refractivity contribution in [1.29, 1.82) is 5.26 Å². The first-order valence-electron chi connectivity index (χ1n) is 6.34. The molecule has 1 aliphatic carbocycles. The van der Waals surface area contributed by atoms with Crippen LogP contribution in [0.1, 0.15) is 47.5 Å². The molecule has 0 heterocycles. The number of hydrogen-bond donors (Lipinski definition) is 0. The van der Waals surface area contributed by atoms with Crippen LogP contribution in [-0.4, -0.2) is 13.1 Å². The monoisotopic (exact) mass is 243 g/mol. The molecule has 1 aliphatic rings. The number of esters is 1. The number of nitriles is 1. The number of hydrogen-bond acceptors (Lipinski definition) is 3. The fourth-order valence-corrected chi connectivity index (χ4v) is 2.72. The summed E-state index contributed by atoms with van der Waals surface area (Å²) in [5.74, 6) is -0.0139. The minimum absolute atomic E-state index is 0.0999. The number of carbonyl (C=O) groups excluding carboxylic acids is 1. The molecule has 1 atom stereocenters. The minimum Gasteiger partial charge on any atom is -0.465 e. The molecule has 0 saturated heterocycles. The first-order chi connectivity index (χ1) is 8.76. The number of ether oxygens (including phenoxy) is 1. The van der Waals surface area contributed by atoms with Crippen molar-refractivity contribution in [2.45, 2.75) is 31.6 Å². The average Bonchev–Trinajstić information content (AvgIpc) is 2.93. The van der Waals surface area contributed by atoms with Crippen molar-refractivity contribution in [2.75, 3.05) is 7.11 Å². The maximum atomic E-state index is 11.5. The van der Waals surface area contributed by atoms with Gasteiger partial charge in [0.15, 0.2) is 0 Å². The van der Waals surface area contributed by atoms with Crippen molar-refractivity contribution in [3.8, 4) is 6.07 Å². The van der Waals surface area contributed by atoms with Crippen LogP contribution in [0.5, 0.6) is 0 Å². The summed E-state index contributed by atoms with van der Waals surface area (Å²) in [5.41, 5.74) is 1.46. The van der Waals surface area contributed by atoms with Gasteiger partial charge in [0.25, 0.3) is 0 Å². The van der Waals surface area contributed by atoms with Crippen molar-refractivity contribution in [3.63, 3.8) is 0 Å². The van der Waals surface area contributed by atoms with Crippen molar-refractivity contribution in [1.82, 2.24) is 0 Å². The van der Waals surface area contributed by atoms with Crippen LogP contribution in [0.25, 0.3) is 0 Å². The van der Waals surface area contributed by atoms with E-state index in [1.54, 1.807) is 12.1 Å². The zero-order chi connectivity index (χ0) is 13.0. The van der Waals surface area contributed by atoms with Crippen LogP contribution in [0, 0.1) is 17.2 Å². The Balaban J connectivity index is 2.26. The molecule has 3 nitrogen and oxygen atoms in total. The third-order valence-corrected chi connectivity index (χ3v) is 3.68. The van der Waals surface area contributed by atoms with E-state index in [0.717, 1.165) is 18.4 Å². The first kappa shape index (κ1) is 12.6. The standard InChI is InChI=1S/C15H17NO2/c1-18-15(17)13-8-4-7-12(9-13)14(10-16)11-5-2-3-6-11/h4,7-9,11,14H,2-3,5-6H2,1H3. The maximum Gasteiger partial charge on any atom is 0.337 e. The maximum absolute atomic E-state index is 11.5. The Hall–Kier alpha value is -1.82. The van der Waals surface area contributed by atoms with Gasteiger partial charge in [0.05, 0.1) is 24.7 Å². The van der Waals surface area contributed by atoms with Gasteiger partial charge in [-0.2, -0.15) is 5.26 Å². The lowest BCUT2D eigenvalue weighted by Crippen LogP contribution is -2.09. The van der Waals surface area contributed by atoms with E-state index in [2.05, 4.69) is 6.07 Å². The summed E-state index contributed by atoms with van der Waals surface area (Å²) in [6.07, 6.45) is 4.64. The molecule has 3 heteroatoms. The van der Waals surface area contributed by atoms with E-state index in [0.29, 0.717) is 11.5 Å². The van der Waals surface area contributed by atoms with Gasteiger partial charge < -0.3 is 4.74 Å². The number of carbonyl (C=O) groups is 1. The highest BCUT2D eigenvalue weighted by atomic mass is 16.5. The topological polar surface area (TPSA) is 50.1 Å². The number of rotatable bonds is 3. The van der Waals surface area contributed by atoms with Gasteiger partial charge in [-0.25, -0.2) is 4.79 Å². The molecular weight excluding hydrogens is 226 g/mol. The second-order valence-corrected chi connectivity index (χ2v) is 4.77. The van der Waals surface area contributed by atoms with Gasteiger partial charge in [-0.05, 0) is 36.5 Å². The number of nitrogens with zero attached hydrogens (tertiary/aromatic N) is 1. The number of benzene rings is 1. The van der Waals surface area contributed by atoms with E-state index >= 15 is 0 Å². The van der Waals surface area contributed by atoms with E-state index in [1.807, 2.05) is 12.1 Å². The molecule has 0 radical (unpaired) electrons. The summed E-state index contributed by atoms with van der Waals surface area (Å²) in [7, 11) is 1.37. The van der Waals surface area contributed by atoms with Crippen LogP contribution in [0.4, 0.5) is 0 Å². The minimum atomic E-state index is -0.347. The molecule has 0 spiro atoms. The third kappa shape index (κ3) is 2.53. The normalized spacial score (nSPS) is 17.1. The molecule has 0 N–H and O–H groups in total. The molecule has 0 amide bonds. The molecule has 0 aliphatic heterocycles. The van der Waals surface area contributed by atoms with Crippen LogP contribution in [0.3, 0.4) is 0 Å². The van der Waals surface area contributed by atoms with E-state index in [9.17, 15) is 10.1 Å². The molecule has 1 fully saturated rings. The first-order valence-corrected chi connectivity index (χ1v) is 6.34. The molecule has 1 unspecified atom stereocenters. The van der Waals surface area contributed by atoms with Crippen LogP contribution in [0.2, 0.25) is 0 Å². The quantitative estimate of drug-likeness (QED) is 0.765. The highest BCUT2D eigenvalue weighted by molar-refractivity contribution is 5.89. The molecule has 1 aromatic rings.